The first-order valence-electron chi connectivity index (χ1n) is 7.91. The molecule has 0 aromatic heterocycles. The highest BCUT2D eigenvalue weighted by Gasteiger charge is 2.49. The van der Waals surface area contributed by atoms with E-state index < -0.39 is 0 Å². The molecule has 2 aromatic rings. The van der Waals surface area contributed by atoms with Crippen molar-refractivity contribution in [3.05, 3.63) is 41.5 Å². The van der Waals surface area contributed by atoms with E-state index in [0.717, 1.165) is 31.4 Å². The van der Waals surface area contributed by atoms with Crippen LogP contribution >= 0.6 is 0 Å². The van der Waals surface area contributed by atoms with Crippen LogP contribution in [-0.2, 0) is 6.42 Å². The van der Waals surface area contributed by atoms with Gasteiger partial charge in [-0.15, -0.1) is 0 Å². The summed E-state index contributed by atoms with van der Waals surface area (Å²) in [5, 5.41) is 13.0. The third kappa shape index (κ3) is 1.75. The molecule has 2 heteroatoms. The maximum absolute atomic E-state index is 10.4. The summed E-state index contributed by atoms with van der Waals surface area (Å²) in [4.78, 5) is 0. The topological polar surface area (TPSA) is 29.5 Å². The first-order chi connectivity index (χ1) is 10.1. The van der Waals surface area contributed by atoms with Gasteiger partial charge >= 0.3 is 0 Å². The van der Waals surface area contributed by atoms with Crippen LogP contribution < -0.4 is 4.74 Å². The van der Waals surface area contributed by atoms with Gasteiger partial charge in [0.25, 0.3) is 0 Å². The second-order valence-corrected chi connectivity index (χ2v) is 6.87. The molecule has 1 unspecified atom stereocenters. The van der Waals surface area contributed by atoms with E-state index in [1.165, 1.54) is 21.9 Å². The zero-order valence-electron chi connectivity index (χ0n) is 12.7. The molecule has 110 valence electrons. The van der Waals surface area contributed by atoms with Crippen molar-refractivity contribution in [2.75, 3.05) is 7.11 Å². The Morgan fingerprint density at radius 2 is 2.05 bits per heavy atom. The van der Waals surface area contributed by atoms with Crippen LogP contribution in [0.5, 0.6) is 5.75 Å². The number of rotatable bonds is 1. The van der Waals surface area contributed by atoms with Crippen LogP contribution in [-0.4, -0.2) is 18.3 Å². The van der Waals surface area contributed by atoms with Gasteiger partial charge in [0, 0.05) is 5.41 Å². The third-order valence-electron chi connectivity index (χ3n) is 5.95. The van der Waals surface area contributed by atoms with Gasteiger partial charge in [-0.25, -0.2) is 0 Å². The molecule has 0 amide bonds. The zero-order chi connectivity index (χ0) is 14.6. The SMILES string of the molecule is COc1ccc2c3c(ccc2c1)[C@@H]1CCC(O)[C@@]1(C)CC3. The lowest BCUT2D eigenvalue weighted by Gasteiger charge is -2.40. The highest BCUT2D eigenvalue weighted by Crippen LogP contribution is 2.56. The summed E-state index contributed by atoms with van der Waals surface area (Å²) in [5.41, 5.74) is 3.04. The number of aryl methyl sites for hydroxylation is 1. The quantitative estimate of drug-likeness (QED) is 0.855. The van der Waals surface area contributed by atoms with Gasteiger partial charge in [-0.05, 0) is 65.6 Å². The Morgan fingerprint density at radius 1 is 1.19 bits per heavy atom. The number of ether oxygens (including phenoxy) is 1. The molecule has 0 heterocycles. The Hall–Kier alpha value is -1.54. The molecule has 1 saturated carbocycles. The van der Waals surface area contributed by atoms with Crippen molar-refractivity contribution < 1.29 is 9.84 Å². The Kier molecular flexibility index (Phi) is 2.80. The smallest absolute Gasteiger partial charge is 0.119 e. The second kappa shape index (κ2) is 4.48. The molecule has 3 atom stereocenters. The van der Waals surface area contributed by atoms with Crippen molar-refractivity contribution in [3.63, 3.8) is 0 Å². The van der Waals surface area contributed by atoms with E-state index >= 15 is 0 Å². The Bertz CT molecular complexity index is 706. The molecule has 1 fully saturated rings. The Morgan fingerprint density at radius 3 is 2.86 bits per heavy atom. The molecule has 0 bridgehead atoms. The first kappa shape index (κ1) is 13.1. The van der Waals surface area contributed by atoms with Crippen LogP contribution in [0.2, 0.25) is 0 Å². The number of benzene rings is 2. The van der Waals surface area contributed by atoms with Crippen molar-refractivity contribution in [2.24, 2.45) is 5.41 Å². The lowest BCUT2D eigenvalue weighted by Crippen LogP contribution is -2.35. The van der Waals surface area contributed by atoms with Gasteiger partial charge in [0.05, 0.1) is 13.2 Å². The number of hydrogen-bond acceptors (Lipinski definition) is 2. The van der Waals surface area contributed by atoms with Gasteiger partial charge in [0.15, 0.2) is 0 Å². The third-order valence-corrected chi connectivity index (χ3v) is 5.95. The van der Waals surface area contributed by atoms with Crippen LogP contribution in [0, 0.1) is 5.41 Å². The number of aliphatic hydroxyl groups excluding tert-OH is 1. The minimum atomic E-state index is -0.137. The second-order valence-electron chi connectivity index (χ2n) is 6.87. The summed E-state index contributed by atoms with van der Waals surface area (Å²) in [5.74, 6) is 1.43. The molecule has 2 aromatic carbocycles. The molecule has 0 saturated heterocycles. The van der Waals surface area contributed by atoms with Crippen molar-refractivity contribution >= 4 is 10.8 Å². The van der Waals surface area contributed by atoms with Crippen molar-refractivity contribution in [2.45, 2.75) is 44.6 Å². The summed E-state index contributed by atoms with van der Waals surface area (Å²) < 4.78 is 5.33. The normalized spacial score (nSPS) is 31.0. The van der Waals surface area contributed by atoms with E-state index in [1.807, 2.05) is 0 Å². The van der Waals surface area contributed by atoms with E-state index in [9.17, 15) is 5.11 Å². The molecular formula is C19H22O2. The van der Waals surface area contributed by atoms with Crippen LogP contribution in [0.25, 0.3) is 10.8 Å². The molecule has 0 radical (unpaired) electrons. The van der Waals surface area contributed by atoms with Gasteiger partial charge in [-0.1, -0.05) is 25.1 Å². The molecule has 4 rings (SSSR count). The first-order valence-corrected chi connectivity index (χ1v) is 7.91. The Labute approximate surface area is 125 Å². The fourth-order valence-electron chi connectivity index (χ4n) is 4.58. The summed E-state index contributed by atoms with van der Waals surface area (Å²) in [7, 11) is 1.71. The number of aliphatic hydroxyl groups is 1. The molecule has 2 nitrogen and oxygen atoms in total. The van der Waals surface area contributed by atoms with Crippen molar-refractivity contribution in [1.29, 1.82) is 0 Å². The summed E-state index contributed by atoms with van der Waals surface area (Å²) in [6.07, 6.45) is 4.09. The maximum atomic E-state index is 10.4. The molecule has 21 heavy (non-hydrogen) atoms. The lowest BCUT2D eigenvalue weighted by molar-refractivity contribution is 0.0459. The fourth-order valence-corrected chi connectivity index (χ4v) is 4.58. The molecule has 2 aliphatic rings. The van der Waals surface area contributed by atoms with E-state index in [-0.39, 0.29) is 11.5 Å². The number of hydrogen-bond donors (Lipinski definition) is 1. The minimum Gasteiger partial charge on any atom is -0.497 e. The summed E-state index contributed by atoms with van der Waals surface area (Å²) >= 11 is 0. The molecule has 0 spiro atoms. The van der Waals surface area contributed by atoms with Crippen LogP contribution in [0.1, 0.15) is 43.2 Å². The highest BCUT2D eigenvalue weighted by atomic mass is 16.5. The van der Waals surface area contributed by atoms with Crippen LogP contribution in [0.4, 0.5) is 0 Å². The average molecular weight is 282 g/mol. The lowest BCUT2D eigenvalue weighted by atomic mass is 9.65. The van der Waals surface area contributed by atoms with Gasteiger partial charge in [0.1, 0.15) is 5.75 Å². The largest absolute Gasteiger partial charge is 0.497 e. The minimum absolute atomic E-state index is 0.0765. The monoisotopic (exact) mass is 282 g/mol. The Balaban J connectivity index is 1.89. The maximum Gasteiger partial charge on any atom is 0.119 e. The predicted octanol–water partition coefficient (Wildman–Crippen LogP) is 4.04. The number of fused-ring (bicyclic) bond motifs is 5. The van der Waals surface area contributed by atoms with E-state index in [0.29, 0.717) is 5.92 Å². The summed E-state index contributed by atoms with van der Waals surface area (Å²) in [6, 6.07) is 10.9. The van der Waals surface area contributed by atoms with Crippen molar-refractivity contribution in [3.8, 4) is 5.75 Å². The van der Waals surface area contributed by atoms with Crippen LogP contribution in [0.3, 0.4) is 0 Å². The molecule has 1 N–H and O–H groups in total. The average Bonchev–Trinajstić information content (AvgIpc) is 2.82. The highest BCUT2D eigenvalue weighted by molar-refractivity contribution is 5.88. The number of methoxy groups -OCH3 is 1. The molecule has 0 aliphatic heterocycles. The van der Waals surface area contributed by atoms with E-state index in [2.05, 4.69) is 37.3 Å². The van der Waals surface area contributed by atoms with Gasteiger partial charge < -0.3 is 9.84 Å². The van der Waals surface area contributed by atoms with E-state index in [4.69, 9.17) is 4.74 Å². The fraction of sp³-hybridized carbons (Fsp3) is 0.474. The molecular weight excluding hydrogens is 260 g/mol. The van der Waals surface area contributed by atoms with E-state index in [1.54, 1.807) is 7.11 Å². The summed E-state index contributed by atoms with van der Waals surface area (Å²) in [6.45, 7) is 2.27. The van der Waals surface area contributed by atoms with Gasteiger partial charge in [-0.2, -0.15) is 0 Å². The zero-order valence-corrected chi connectivity index (χ0v) is 12.7. The van der Waals surface area contributed by atoms with Gasteiger partial charge in [-0.3, -0.25) is 0 Å². The molecule has 2 aliphatic carbocycles. The predicted molar refractivity (Wildman–Crippen MR) is 84.9 cm³/mol. The van der Waals surface area contributed by atoms with Crippen LogP contribution in [0.15, 0.2) is 30.3 Å². The van der Waals surface area contributed by atoms with Gasteiger partial charge in [0.2, 0.25) is 0 Å². The van der Waals surface area contributed by atoms with Crippen molar-refractivity contribution in [1.82, 2.24) is 0 Å². The standard InChI is InChI=1S/C19H22O2/c1-19-10-9-15-14-6-4-13(21-2)11-12(14)3-5-16(15)17(19)7-8-18(19)20/h3-6,11,17-18,20H,7-10H2,1-2H3/t17-,18?,19-/m0/s1.